The van der Waals surface area contributed by atoms with Crippen LogP contribution in [0.4, 0.5) is 11.4 Å². The predicted octanol–water partition coefficient (Wildman–Crippen LogP) is 6.62. The van der Waals surface area contributed by atoms with Crippen LogP contribution in [-0.2, 0) is 6.54 Å². The second-order valence-corrected chi connectivity index (χ2v) is 9.27. The number of hydrogen-bond donors (Lipinski definition) is 1. The normalized spacial score (nSPS) is 14.2. The first kappa shape index (κ1) is 24.7. The average Bonchev–Trinajstić information content (AvgIpc) is 2.83. The Balaban J connectivity index is 1.36. The lowest BCUT2D eigenvalue weighted by molar-refractivity contribution is 0.102. The van der Waals surface area contributed by atoms with E-state index in [0.29, 0.717) is 33.7 Å². The summed E-state index contributed by atoms with van der Waals surface area (Å²) in [6.07, 6.45) is 0. The first-order valence-corrected chi connectivity index (χ1v) is 12.3. The van der Waals surface area contributed by atoms with Crippen LogP contribution in [0.15, 0.2) is 60.7 Å². The summed E-state index contributed by atoms with van der Waals surface area (Å²) in [5.74, 6) is 0.294. The monoisotopic (exact) mass is 517 g/mol. The van der Waals surface area contributed by atoms with Crippen LogP contribution < -0.4 is 15.0 Å². The van der Waals surface area contributed by atoms with Crippen LogP contribution in [0.25, 0.3) is 0 Å². The summed E-state index contributed by atoms with van der Waals surface area (Å²) in [5.41, 5.74) is 3.18. The number of halogens is 3. The Morgan fingerprint density at radius 2 is 1.68 bits per heavy atom. The molecule has 1 N–H and O–H groups in total. The number of benzene rings is 3. The second-order valence-electron chi connectivity index (χ2n) is 8.05. The minimum atomic E-state index is -0.262. The van der Waals surface area contributed by atoms with Crippen LogP contribution in [0.5, 0.6) is 5.75 Å². The Morgan fingerprint density at radius 1 is 0.912 bits per heavy atom. The predicted molar refractivity (Wildman–Crippen MR) is 141 cm³/mol. The number of ether oxygens (including phenoxy) is 1. The summed E-state index contributed by atoms with van der Waals surface area (Å²) in [5, 5.41) is 4.69. The number of nitrogens with zero attached hydrogens (tertiary/aromatic N) is 2. The molecule has 1 heterocycles. The number of nitrogens with one attached hydrogen (secondary N) is 1. The van der Waals surface area contributed by atoms with Crippen molar-refractivity contribution < 1.29 is 9.53 Å². The van der Waals surface area contributed by atoms with Gasteiger partial charge in [-0.3, -0.25) is 9.69 Å². The maximum Gasteiger partial charge on any atom is 0.255 e. The van der Waals surface area contributed by atoms with Crippen molar-refractivity contribution >= 4 is 52.1 Å². The van der Waals surface area contributed by atoms with Gasteiger partial charge in [-0.05, 0) is 55.0 Å². The molecular weight excluding hydrogens is 493 g/mol. The number of anilines is 2. The minimum absolute atomic E-state index is 0.262. The largest absolute Gasteiger partial charge is 0.492 e. The van der Waals surface area contributed by atoms with Crippen LogP contribution >= 0.6 is 34.8 Å². The Morgan fingerprint density at radius 3 is 2.35 bits per heavy atom. The van der Waals surface area contributed by atoms with Crippen LogP contribution in [0.2, 0.25) is 15.1 Å². The van der Waals surface area contributed by atoms with Crippen LogP contribution in [0.3, 0.4) is 0 Å². The highest BCUT2D eigenvalue weighted by Gasteiger charge is 2.20. The molecular formula is C26H26Cl3N3O2. The van der Waals surface area contributed by atoms with E-state index in [1.165, 1.54) is 0 Å². The molecule has 8 heteroatoms. The minimum Gasteiger partial charge on any atom is -0.492 e. The molecule has 0 atom stereocenters. The lowest BCUT2D eigenvalue weighted by Crippen LogP contribution is -2.46. The van der Waals surface area contributed by atoms with E-state index < -0.39 is 0 Å². The van der Waals surface area contributed by atoms with Gasteiger partial charge in [0.1, 0.15) is 5.75 Å². The van der Waals surface area contributed by atoms with Crippen molar-refractivity contribution in [1.82, 2.24) is 4.90 Å². The maximum absolute atomic E-state index is 12.7. The molecule has 1 aliphatic heterocycles. The van der Waals surface area contributed by atoms with Crippen molar-refractivity contribution in [3.05, 3.63) is 86.9 Å². The zero-order chi connectivity index (χ0) is 24.1. The molecule has 34 heavy (non-hydrogen) atoms. The average molecular weight is 519 g/mol. The van der Waals surface area contributed by atoms with Crippen LogP contribution in [-0.4, -0.2) is 43.6 Å². The van der Waals surface area contributed by atoms with E-state index in [1.54, 1.807) is 24.3 Å². The molecule has 1 fully saturated rings. The standard InChI is InChI=1S/C26H26Cl3N3O2/c1-2-34-25-10-7-18(15-23(25)29)26(33)30-20-8-9-24(22(28)16-20)32-13-11-31(12-14-32)17-19-5-3-4-6-21(19)27/h3-10,15-16H,2,11-14,17H2,1H3,(H,30,33). The highest BCUT2D eigenvalue weighted by Crippen LogP contribution is 2.31. The number of carbonyl (C=O) groups excluding carboxylic acids is 1. The van der Waals surface area contributed by atoms with Crippen molar-refractivity contribution in [3.8, 4) is 5.75 Å². The molecule has 1 aliphatic rings. The van der Waals surface area contributed by atoms with Crippen molar-refractivity contribution in [2.24, 2.45) is 0 Å². The first-order valence-electron chi connectivity index (χ1n) is 11.2. The summed E-state index contributed by atoms with van der Waals surface area (Å²) in [6.45, 7) is 6.78. The SMILES string of the molecule is CCOc1ccc(C(=O)Nc2ccc(N3CCN(Cc4ccccc4Cl)CC3)c(Cl)c2)cc1Cl. The van der Waals surface area contributed by atoms with Gasteiger partial charge >= 0.3 is 0 Å². The molecule has 1 amide bonds. The molecule has 0 radical (unpaired) electrons. The van der Waals surface area contributed by atoms with E-state index >= 15 is 0 Å². The number of rotatable bonds is 7. The van der Waals surface area contributed by atoms with Gasteiger partial charge in [-0.1, -0.05) is 53.0 Å². The van der Waals surface area contributed by atoms with E-state index in [-0.39, 0.29) is 5.91 Å². The first-order chi connectivity index (χ1) is 16.4. The third-order valence-electron chi connectivity index (χ3n) is 5.76. The van der Waals surface area contributed by atoms with Gasteiger partial charge in [0.05, 0.1) is 22.3 Å². The summed E-state index contributed by atoms with van der Waals surface area (Å²) < 4.78 is 5.42. The number of carbonyl (C=O) groups is 1. The van der Waals surface area contributed by atoms with Crippen molar-refractivity contribution in [2.75, 3.05) is 43.0 Å². The molecule has 5 nitrogen and oxygen atoms in total. The smallest absolute Gasteiger partial charge is 0.255 e. The van der Waals surface area contributed by atoms with Gasteiger partial charge in [0.25, 0.3) is 5.91 Å². The molecule has 0 unspecified atom stereocenters. The topological polar surface area (TPSA) is 44.8 Å². The Labute approximate surface area is 215 Å². The molecule has 0 aromatic heterocycles. The molecule has 178 valence electrons. The molecule has 0 bridgehead atoms. The third-order valence-corrected chi connectivity index (χ3v) is 6.73. The van der Waals surface area contributed by atoms with E-state index in [0.717, 1.165) is 49.0 Å². The van der Waals surface area contributed by atoms with Gasteiger partial charge in [0, 0.05) is 49.0 Å². The third kappa shape index (κ3) is 5.97. The fourth-order valence-corrected chi connectivity index (χ4v) is 4.70. The highest BCUT2D eigenvalue weighted by molar-refractivity contribution is 6.34. The number of amides is 1. The van der Waals surface area contributed by atoms with Crippen molar-refractivity contribution in [2.45, 2.75) is 13.5 Å². The molecule has 3 aromatic carbocycles. The quantitative estimate of drug-likeness (QED) is 0.382. The van der Waals surface area contributed by atoms with Crippen molar-refractivity contribution in [1.29, 1.82) is 0 Å². The molecule has 0 aliphatic carbocycles. The van der Waals surface area contributed by atoms with Crippen LogP contribution in [0.1, 0.15) is 22.8 Å². The highest BCUT2D eigenvalue weighted by atomic mass is 35.5. The van der Waals surface area contributed by atoms with Gasteiger partial charge in [0.15, 0.2) is 0 Å². The number of piperazine rings is 1. The summed E-state index contributed by atoms with van der Waals surface area (Å²) in [4.78, 5) is 17.3. The molecule has 0 spiro atoms. The van der Waals surface area contributed by atoms with E-state index in [9.17, 15) is 4.79 Å². The molecule has 3 aromatic rings. The molecule has 1 saturated heterocycles. The molecule has 0 saturated carbocycles. The molecule has 4 rings (SSSR count). The summed E-state index contributed by atoms with van der Waals surface area (Å²) in [7, 11) is 0. The van der Waals surface area contributed by atoms with Gasteiger partial charge < -0.3 is 15.0 Å². The zero-order valence-corrected chi connectivity index (χ0v) is 21.1. The Hall–Kier alpha value is -2.44. The van der Waals surface area contributed by atoms with Gasteiger partial charge in [-0.25, -0.2) is 0 Å². The van der Waals surface area contributed by atoms with Gasteiger partial charge in [-0.15, -0.1) is 0 Å². The fraction of sp³-hybridized carbons (Fsp3) is 0.269. The van der Waals surface area contributed by atoms with Gasteiger partial charge in [0.2, 0.25) is 0 Å². The summed E-state index contributed by atoms with van der Waals surface area (Å²) in [6, 6.07) is 18.5. The second kappa shape index (κ2) is 11.3. The summed E-state index contributed by atoms with van der Waals surface area (Å²) >= 11 is 19.1. The Bertz CT molecular complexity index is 1160. The van der Waals surface area contributed by atoms with Gasteiger partial charge in [-0.2, -0.15) is 0 Å². The zero-order valence-electron chi connectivity index (χ0n) is 18.9. The van der Waals surface area contributed by atoms with E-state index in [2.05, 4.69) is 21.2 Å². The fourth-order valence-electron chi connectivity index (χ4n) is 3.97. The lowest BCUT2D eigenvalue weighted by atomic mass is 10.1. The van der Waals surface area contributed by atoms with E-state index in [1.807, 2.05) is 37.3 Å². The lowest BCUT2D eigenvalue weighted by Gasteiger charge is -2.36. The van der Waals surface area contributed by atoms with Crippen molar-refractivity contribution in [3.63, 3.8) is 0 Å². The number of hydrogen-bond acceptors (Lipinski definition) is 4. The van der Waals surface area contributed by atoms with E-state index in [4.69, 9.17) is 39.5 Å². The van der Waals surface area contributed by atoms with Crippen LogP contribution in [0, 0.1) is 0 Å². The maximum atomic E-state index is 12.7. The Kier molecular flexibility index (Phi) is 8.22.